The number of nitrogens with zero attached hydrogens (tertiary/aromatic N) is 1. The van der Waals surface area contributed by atoms with E-state index in [1.54, 1.807) is 6.92 Å². The number of benzene rings is 1. The molecule has 0 unspecified atom stereocenters. The first-order chi connectivity index (χ1) is 13.0. The van der Waals surface area contributed by atoms with Gasteiger partial charge in [0.1, 0.15) is 0 Å². The van der Waals surface area contributed by atoms with Gasteiger partial charge in [0.2, 0.25) is 10.0 Å². The van der Waals surface area contributed by atoms with Crippen LogP contribution in [-0.4, -0.2) is 63.8 Å². The second kappa shape index (κ2) is 7.50. The summed E-state index contributed by atoms with van der Waals surface area (Å²) in [5.41, 5.74) is 0.345. The van der Waals surface area contributed by atoms with Crippen molar-refractivity contribution >= 4 is 16.0 Å². The van der Waals surface area contributed by atoms with E-state index in [0.29, 0.717) is 30.2 Å². The third-order valence-electron chi connectivity index (χ3n) is 5.59. The Kier molecular flexibility index (Phi) is 5.24. The molecule has 2 saturated heterocycles. The van der Waals surface area contributed by atoms with E-state index >= 15 is 0 Å². The summed E-state index contributed by atoms with van der Waals surface area (Å²) in [6.45, 7) is 4.33. The van der Waals surface area contributed by atoms with Crippen molar-refractivity contribution < 1.29 is 22.7 Å². The van der Waals surface area contributed by atoms with Gasteiger partial charge in [-0.25, -0.2) is 17.9 Å². The van der Waals surface area contributed by atoms with Crippen LogP contribution in [0.5, 0.6) is 0 Å². The predicted molar refractivity (Wildman–Crippen MR) is 99.0 cm³/mol. The number of fused-ring (bicyclic) bond motifs is 1. The zero-order chi connectivity index (χ0) is 19.0. The van der Waals surface area contributed by atoms with E-state index in [4.69, 9.17) is 9.47 Å². The highest BCUT2D eigenvalue weighted by molar-refractivity contribution is 7.89. The van der Waals surface area contributed by atoms with Crippen molar-refractivity contribution in [3.8, 4) is 0 Å². The van der Waals surface area contributed by atoms with E-state index in [9.17, 15) is 13.2 Å². The topological polar surface area (TPSA) is 84.9 Å². The molecule has 148 valence electrons. The molecule has 1 N–H and O–H groups in total. The molecule has 1 aliphatic carbocycles. The molecule has 2 heterocycles. The van der Waals surface area contributed by atoms with Gasteiger partial charge in [-0.05, 0) is 56.4 Å². The highest BCUT2D eigenvalue weighted by atomic mass is 32.2. The molecule has 3 atom stereocenters. The van der Waals surface area contributed by atoms with Crippen LogP contribution in [0.3, 0.4) is 0 Å². The lowest BCUT2D eigenvalue weighted by Crippen LogP contribution is -2.47. The highest BCUT2D eigenvalue weighted by Gasteiger charge is 2.43. The molecule has 1 aromatic carbocycles. The Morgan fingerprint density at radius 2 is 2.00 bits per heavy atom. The first kappa shape index (κ1) is 18.9. The number of sulfonamides is 1. The van der Waals surface area contributed by atoms with Gasteiger partial charge < -0.3 is 9.47 Å². The van der Waals surface area contributed by atoms with Crippen LogP contribution in [0.1, 0.15) is 36.5 Å². The lowest BCUT2D eigenvalue weighted by atomic mass is 10.1. The number of nitrogens with one attached hydrogen (secondary N) is 1. The molecule has 0 bridgehead atoms. The summed E-state index contributed by atoms with van der Waals surface area (Å²) in [6.07, 6.45) is 3.58. The normalized spacial score (nSPS) is 28.7. The second-order valence-electron chi connectivity index (χ2n) is 7.62. The standard InChI is InChI=1S/C19H26N2O5S/c1-2-25-19(22)14-5-7-17(8-6-14)27(23,24)20-15-9-16-12-26-18(13-3-4-13)11-21(16)10-15/h5-8,13,15-16,18,20H,2-4,9-12H2,1H3/t15-,16+,18-/m1/s1. The van der Waals surface area contributed by atoms with Gasteiger partial charge in [0.25, 0.3) is 0 Å². The van der Waals surface area contributed by atoms with E-state index in [2.05, 4.69) is 9.62 Å². The van der Waals surface area contributed by atoms with E-state index in [-0.39, 0.29) is 17.5 Å². The number of ether oxygens (including phenoxy) is 2. The molecule has 3 fully saturated rings. The van der Waals surface area contributed by atoms with Crippen LogP contribution in [0, 0.1) is 5.92 Å². The fraction of sp³-hybridized carbons (Fsp3) is 0.632. The number of rotatable bonds is 6. The Balaban J connectivity index is 1.38. The molecule has 0 radical (unpaired) electrons. The van der Waals surface area contributed by atoms with Crippen LogP contribution in [0.2, 0.25) is 0 Å². The fourth-order valence-electron chi connectivity index (χ4n) is 4.01. The summed E-state index contributed by atoms with van der Waals surface area (Å²) in [5.74, 6) is 0.242. The Morgan fingerprint density at radius 3 is 2.67 bits per heavy atom. The number of esters is 1. The van der Waals surface area contributed by atoms with Crippen molar-refractivity contribution in [3.05, 3.63) is 29.8 Å². The minimum absolute atomic E-state index is 0.119. The Morgan fingerprint density at radius 1 is 1.26 bits per heavy atom. The summed E-state index contributed by atoms with van der Waals surface area (Å²) in [4.78, 5) is 14.2. The maximum Gasteiger partial charge on any atom is 0.338 e. The minimum atomic E-state index is -3.63. The molecule has 1 saturated carbocycles. The van der Waals surface area contributed by atoms with Crippen molar-refractivity contribution in [3.63, 3.8) is 0 Å². The summed E-state index contributed by atoms with van der Waals surface area (Å²) >= 11 is 0. The van der Waals surface area contributed by atoms with Gasteiger partial charge in [-0.15, -0.1) is 0 Å². The lowest BCUT2D eigenvalue weighted by Gasteiger charge is -2.35. The molecule has 7 nitrogen and oxygen atoms in total. The maximum atomic E-state index is 12.7. The van der Waals surface area contributed by atoms with Crippen molar-refractivity contribution in [2.45, 2.75) is 49.3 Å². The molecule has 8 heteroatoms. The van der Waals surface area contributed by atoms with E-state index in [1.165, 1.54) is 37.1 Å². The molecule has 0 amide bonds. The third kappa shape index (κ3) is 4.18. The Labute approximate surface area is 160 Å². The minimum Gasteiger partial charge on any atom is -0.462 e. The van der Waals surface area contributed by atoms with Crippen molar-refractivity contribution in [2.24, 2.45) is 5.92 Å². The molecule has 0 spiro atoms. The molecular formula is C19H26N2O5S. The molecule has 27 heavy (non-hydrogen) atoms. The average Bonchev–Trinajstić information content (AvgIpc) is 3.42. The van der Waals surface area contributed by atoms with Crippen LogP contribution in [0.4, 0.5) is 0 Å². The van der Waals surface area contributed by atoms with Crippen molar-refractivity contribution in [2.75, 3.05) is 26.3 Å². The van der Waals surface area contributed by atoms with Crippen molar-refractivity contribution in [1.29, 1.82) is 0 Å². The quantitative estimate of drug-likeness (QED) is 0.734. The first-order valence-electron chi connectivity index (χ1n) is 9.61. The Bertz CT molecular complexity index is 791. The fourth-order valence-corrected chi connectivity index (χ4v) is 5.25. The number of hydrogen-bond acceptors (Lipinski definition) is 6. The van der Waals surface area contributed by atoms with Crippen LogP contribution >= 0.6 is 0 Å². The van der Waals surface area contributed by atoms with E-state index < -0.39 is 16.0 Å². The van der Waals surface area contributed by atoms with Gasteiger partial charge in [-0.1, -0.05) is 0 Å². The monoisotopic (exact) mass is 394 g/mol. The molecular weight excluding hydrogens is 368 g/mol. The SMILES string of the molecule is CCOC(=O)c1ccc(S(=O)(=O)N[C@@H]2C[C@H]3CO[C@@H](C4CC4)CN3C2)cc1. The van der Waals surface area contributed by atoms with Gasteiger partial charge in [-0.2, -0.15) is 0 Å². The zero-order valence-corrected chi connectivity index (χ0v) is 16.3. The van der Waals surface area contributed by atoms with Crippen LogP contribution in [0.25, 0.3) is 0 Å². The van der Waals surface area contributed by atoms with E-state index in [0.717, 1.165) is 19.5 Å². The largest absolute Gasteiger partial charge is 0.462 e. The predicted octanol–water partition coefficient (Wildman–Crippen LogP) is 1.39. The molecule has 3 aliphatic rings. The Hall–Kier alpha value is -1.48. The summed E-state index contributed by atoms with van der Waals surface area (Å²) in [7, 11) is -3.63. The van der Waals surface area contributed by atoms with Crippen LogP contribution in [-0.2, 0) is 19.5 Å². The molecule has 2 aliphatic heterocycles. The van der Waals surface area contributed by atoms with Crippen molar-refractivity contribution in [1.82, 2.24) is 9.62 Å². The summed E-state index contributed by atoms with van der Waals surface area (Å²) in [6, 6.07) is 6.04. The van der Waals surface area contributed by atoms with Gasteiger partial charge in [0, 0.05) is 25.2 Å². The first-order valence-corrected chi connectivity index (χ1v) is 11.1. The lowest BCUT2D eigenvalue weighted by molar-refractivity contribution is -0.0581. The average molecular weight is 394 g/mol. The number of carbonyl (C=O) groups is 1. The van der Waals surface area contributed by atoms with Gasteiger partial charge in [0.05, 0.1) is 29.8 Å². The summed E-state index contributed by atoms with van der Waals surface area (Å²) in [5, 5.41) is 0. The smallest absolute Gasteiger partial charge is 0.338 e. The number of carbonyl (C=O) groups excluding carboxylic acids is 1. The molecule has 4 rings (SSSR count). The molecule has 1 aromatic rings. The third-order valence-corrected chi connectivity index (χ3v) is 7.13. The summed E-state index contributed by atoms with van der Waals surface area (Å²) < 4.78 is 39.1. The number of morpholine rings is 1. The zero-order valence-electron chi connectivity index (χ0n) is 15.5. The maximum absolute atomic E-state index is 12.7. The van der Waals surface area contributed by atoms with Crippen LogP contribution < -0.4 is 4.72 Å². The molecule has 0 aromatic heterocycles. The van der Waals surface area contributed by atoms with Gasteiger partial charge in [-0.3, -0.25) is 4.90 Å². The highest BCUT2D eigenvalue weighted by Crippen LogP contribution is 2.38. The second-order valence-corrected chi connectivity index (χ2v) is 9.33. The van der Waals surface area contributed by atoms with E-state index in [1.807, 2.05) is 0 Å². The van der Waals surface area contributed by atoms with Gasteiger partial charge >= 0.3 is 5.97 Å². The number of hydrogen-bond donors (Lipinski definition) is 1. The van der Waals surface area contributed by atoms with Gasteiger partial charge in [0.15, 0.2) is 0 Å². The van der Waals surface area contributed by atoms with Crippen LogP contribution in [0.15, 0.2) is 29.2 Å².